The maximum Gasteiger partial charge on any atom is 0.416 e. The Balaban J connectivity index is 2.05. The second-order valence-electron chi connectivity index (χ2n) is 6.18. The SMILES string of the molecule is CN(CC1CCCO1)CC(C)(O)c1cccc(C(F)(F)F)c1. The zero-order chi connectivity index (χ0) is 16.4. The van der Waals surface area contributed by atoms with Crippen molar-refractivity contribution in [1.82, 2.24) is 4.90 Å². The maximum absolute atomic E-state index is 12.8. The average molecular weight is 317 g/mol. The van der Waals surface area contributed by atoms with Crippen LogP contribution in [0.15, 0.2) is 24.3 Å². The highest BCUT2D eigenvalue weighted by Crippen LogP contribution is 2.32. The molecule has 22 heavy (non-hydrogen) atoms. The third-order valence-corrected chi connectivity index (χ3v) is 3.93. The van der Waals surface area contributed by atoms with Crippen molar-refractivity contribution in [3.05, 3.63) is 35.4 Å². The molecule has 124 valence electrons. The Kier molecular flexibility index (Phi) is 5.14. The molecule has 1 aliphatic heterocycles. The second-order valence-corrected chi connectivity index (χ2v) is 6.18. The van der Waals surface area contributed by atoms with Gasteiger partial charge in [0.2, 0.25) is 0 Å². The minimum Gasteiger partial charge on any atom is -0.384 e. The van der Waals surface area contributed by atoms with E-state index in [0.29, 0.717) is 6.54 Å². The van der Waals surface area contributed by atoms with Crippen LogP contribution in [-0.2, 0) is 16.5 Å². The molecule has 0 saturated carbocycles. The fraction of sp³-hybridized carbons (Fsp3) is 0.625. The number of aliphatic hydroxyl groups is 1. The molecule has 1 aliphatic rings. The Morgan fingerprint density at radius 2 is 2.00 bits per heavy atom. The van der Waals surface area contributed by atoms with Gasteiger partial charge in [-0.1, -0.05) is 12.1 Å². The van der Waals surface area contributed by atoms with E-state index in [1.807, 2.05) is 11.9 Å². The van der Waals surface area contributed by atoms with Crippen LogP contribution in [0.1, 0.15) is 30.9 Å². The van der Waals surface area contributed by atoms with Gasteiger partial charge in [-0.15, -0.1) is 0 Å². The van der Waals surface area contributed by atoms with Crippen LogP contribution < -0.4 is 0 Å². The van der Waals surface area contributed by atoms with Crippen molar-refractivity contribution in [1.29, 1.82) is 0 Å². The first-order valence-corrected chi connectivity index (χ1v) is 7.39. The van der Waals surface area contributed by atoms with Crippen LogP contribution in [0.5, 0.6) is 0 Å². The molecule has 6 heteroatoms. The van der Waals surface area contributed by atoms with Gasteiger partial charge >= 0.3 is 6.18 Å². The van der Waals surface area contributed by atoms with Crippen LogP contribution in [-0.4, -0.2) is 42.9 Å². The first kappa shape index (κ1) is 17.2. The van der Waals surface area contributed by atoms with Crippen molar-refractivity contribution in [2.45, 2.75) is 37.6 Å². The fourth-order valence-corrected chi connectivity index (χ4v) is 2.85. The van der Waals surface area contributed by atoms with Gasteiger partial charge in [0, 0.05) is 19.7 Å². The van der Waals surface area contributed by atoms with E-state index in [-0.39, 0.29) is 18.2 Å². The molecule has 2 unspecified atom stereocenters. The molecule has 0 aromatic heterocycles. The predicted octanol–water partition coefficient (Wildman–Crippen LogP) is 3.02. The predicted molar refractivity (Wildman–Crippen MR) is 77.5 cm³/mol. The Morgan fingerprint density at radius 1 is 1.32 bits per heavy atom. The molecule has 2 rings (SSSR count). The van der Waals surface area contributed by atoms with Crippen molar-refractivity contribution >= 4 is 0 Å². The van der Waals surface area contributed by atoms with Gasteiger partial charge in [-0.25, -0.2) is 0 Å². The van der Waals surface area contributed by atoms with Gasteiger partial charge in [0.05, 0.1) is 17.3 Å². The molecule has 0 spiro atoms. The van der Waals surface area contributed by atoms with Gasteiger partial charge in [-0.05, 0) is 44.5 Å². The number of rotatable bonds is 5. The van der Waals surface area contributed by atoms with Crippen molar-refractivity contribution < 1.29 is 23.0 Å². The van der Waals surface area contributed by atoms with E-state index in [1.165, 1.54) is 19.1 Å². The first-order chi connectivity index (χ1) is 10.2. The molecular formula is C16H22F3NO2. The van der Waals surface area contributed by atoms with E-state index < -0.39 is 17.3 Å². The molecule has 2 atom stereocenters. The Hall–Kier alpha value is -1.11. The molecule has 1 N–H and O–H groups in total. The van der Waals surface area contributed by atoms with Gasteiger partial charge in [0.1, 0.15) is 0 Å². The lowest BCUT2D eigenvalue weighted by molar-refractivity contribution is -0.137. The third-order valence-electron chi connectivity index (χ3n) is 3.93. The largest absolute Gasteiger partial charge is 0.416 e. The molecule has 0 bridgehead atoms. The number of ether oxygens (including phenoxy) is 1. The van der Waals surface area contributed by atoms with Crippen LogP contribution in [0.25, 0.3) is 0 Å². The summed E-state index contributed by atoms with van der Waals surface area (Å²) in [4.78, 5) is 1.90. The van der Waals surface area contributed by atoms with Crippen LogP contribution in [0.2, 0.25) is 0 Å². The Morgan fingerprint density at radius 3 is 2.59 bits per heavy atom. The first-order valence-electron chi connectivity index (χ1n) is 7.39. The minimum atomic E-state index is -4.41. The van der Waals surface area contributed by atoms with Gasteiger partial charge in [-0.2, -0.15) is 13.2 Å². The van der Waals surface area contributed by atoms with E-state index in [4.69, 9.17) is 4.74 Å². The Labute approximate surface area is 128 Å². The second kappa shape index (κ2) is 6.56. The van der Waals surface area contributed by atoms with Crippen LogP contribution in [0.3, 0.4) is 0 Å². The molecular weight excluding hydrogens is 295 g/mol. The number of nitrogens with zero attached hydrogens (tertiary/aromatic N) is 1. The van der Waals surface area contributed by atoms with Gasteiger partial charge in [0.25, 0.3) is 0 Å². The molecule has 1 aromatic carbocycles. The van der Waals surface area contributed by atoms with E-state index >= 15 is 0 Å². The molecule has 0 aliphatic carbocycles. The number of alkyl halides is 3. The number of likely N-dealkylation sites (N-methyl/N-ethyl adjacent to an activating group) is 1. The summed E-state index contributed by atoms with van der Waals surface area (Å²) in [5.74, 6) is 0. The highest BCUT2D eigenvalue weighted by atomic mass is 19.4. The molecule has 1 aromatic rings. The molecule has 0 radical (unpaired) electrons. The van der Waals surface area contributed by atoms with E-state index in [1.54, 1.807) is 0 Å². The molecule has 3 nitrogen and oxygen atoms in total. The van der Waals surface area contributed by atoms with Gasteiger partial charge in [-0.3, -0.25) is 0 Å². The summed E-state index contributed by atoms with van der Waals surface area (Å²) < 4.78 is 43.9. The lowest BCUT2D eigenvalue weighted by Crippen LogP contribution is -2.40. The summed E-state index contributed by atoms with van der Waals surface area (Å²) in [6.07, 6.45) is -2.25. The smallest absolute Gasteiger partial charge is 0.384 e. The van der Waals surface area contributed by atoms with Gasteiger partial charge < -0.3 is 14.7 Å². The maximum atomic E-state index is 12.8. The monoisotopic (exact) mass is 317 g/mol. The number of benzene rings is 1. The quantitative estimate of drug-likeness (QED) is 0.906. The summed E-state index contributed by atoms with van der Waals surface area (Å²) in [6.45, 7) is 3.19. The highest BCUT2D eigenvalue weighted by Gasteiger charge is 2.33. The van der Waals surface area contributed by atoms with E-state index in [2.05, 4.69) is 0 Å². The third kappa shape index (κ3) is 4.44. The normalized spacial score (nSPS) is 22.0. The molecule has 1 fully saturated rings. The van der Waals surface area contributed by atoms with Gasteiger partial charge in [0.15, 0.2) is 0 Å². The van der Waals surface area contributed by atoms with Crippen LogP contribution in [0, 0.1) is 0 Å². The lowest BCUT2D eigenvalue weighted by Gasteiger charge is -2.31. The number of hydrogen-bond acceptors (Lipinski definition) is 3. The fourth-order valence-electron chi connectivity index (χ4n) is 2.85. The summed E-state index contributed by atoms with van der Waals surface area (Å²) in [7, 11) is 1.84. The minimum absolute atomic E-state index is 0.141. The Bertz CT molecular complexity index is 496. The van der Waals surface area contributed by atoms with E-state index in [9.17, 15) is 18.3 Å². The van der Waals surface area contributed by atoms with Crippen LogP contribution in [0.4, 0.5) is 13.2 Å². The topological polar surface area (TPSA) is 32.7 Å². The van der Waals surface area contributed by atoms with E-state index in [0.717, 1.165) is 31.6 Å². The zero-order valence-electron chi connectivity index (χ0n) is 12.9. The summed E-state index contributed by atoms with van der Waals surface area (Å²) in [5, 5.41) is 10.6. The molecule has 1 heterocycles. The average Bonchev–Trinajstić information content (AvgIpc) is 2.90. The standard InChI is InChI=1S/C16H22F3NO2/c1-15(21,11-20(2)10-14-7-4-8-22-14)12-5-3-6-13(9-12)16(17,18)19/h3,5-6,9,14,21H,4,7-8,10-11H2,1-2H3. The van der Waals surface area contributed by atoms with Crippen molar-refractivity contribution in [3.8, 4) is 0 Å². The lowest BCUT2D eigenvalue weighted by atomic mass is 9.93. The number of hydrogen-bond donors (Lipinski definition) is 1. The van der Waals surface area contributed by atoms with Crippen molar-refractivity contribution in [2.75, 3.05) is 26.7 Å². The molecule has 1 saturated heterocycles. The summed E-state index contributed by atoms with van der Waals surface area (Å²) in [6, 6.07) is 4.87. The number of halogens is 3. The highest BCUT2D eigenvalue weighted by molar-refractivity contribution is 5.29. The zero-order valence-corrected chi connectivity index (χ0v) is 12.9. The van der Waals surface area contributed by atoms with Crippen molar-refractivity contribution in [2.24, 2.45) is 0 Å². The molecule has 0 amide bonds. The van der Waals surface area contributed by atoms with Crippen LogP contribution >= 0.6 is 0 Å². The van der Waals surface area contributed by atoms with Crippen molar-refractivity contribution in [3.63, 3.8) is 0 Å². The summed E-state index contributed by atoms with van der Waals surface area (Å²) >= 11 is 0. The summed E-state index contributed by atoms with van der Waals surface area (Å²) in [5.41, 5.74) is -1.83.